The Hall–Kier alpha value is -2.04. The average Bonchev–Trinajstić information content (AvgIpc) is 2.44. The third-order valence-corrected chi connectivity index (χ3v) is 2.96. The van der Waals surface area contributed by atoms with Gasteiger partial charge in [-0.05, 0) is 23.6 Å². The van der Waals surface area contributed by atoms with E-state index < -0.39 is 0 Å². The minimum Gasteiger partial charge on any atom is -0.469 e. The monoisotopic (exact) mass is 277 g/mol. The van der Waals surface area contributed by atoms with E-state index in [1.807, 2.05) is 18.2 Å². The van der Waals surface area contributed by atoms with Crippen LogP contribution in [0.1, 0.15) is 32.3 Å². The number of nitrogens with one attached hydrogen (secondary N) is 1. The van der Waals surface area contributed by atoms with E-state index in [1.165, 1.54) is 12.7 Å². The molecule has 110 valence electrons. The van der Waals surface area contributed by atoms with Crippen LogP contribution in [0, 0.1) is 5.92 Å². The van der Waals surface area contributed by atoms with Crippen molar-refractivity contribution in [2.24, 2.45) is 16.6 Å². The van der Waals surface area contributed by atoms with Crippen molar-refractivity contribution in [1.82, 2.24) is 0 Å². The molecule has 0 heterocycles. The van der Waals surface area contributed by atoms with Crippen LogP contribution >= 0.6 is 0 Å². The predicted molar refractivity (Wildman–Crippen MR) is 81.8 cm³/mol. The summed E-state index contributed by atoms with van der Waals surface area (Å²) in [5.74, 6) is 0.154. The second-order valence-corrected chi connectivity index (χ2v) is 5.06. The summed E-state index contributed by atoms with van der Waals surface area (Å²) >= 11 is 0. The van der Waals surface area contributed by atoms with Crippen molar-refractivity contribution in [3.8, 4) is 0 Å². The van der Waals surface area contributed by atoms with Crippen LogP contribution in [-0.4, -0.2) is 25.6 Å². The molecule has 0 radical (unpaired) electrons. The number of rotatable bonds is 5. The van der Waals surface area contributed by atoms with E-state index in [0.29, 0.717) is 18.4 Å². The molecule has 0 aliphatic rings. The number of carbonyl (C=O) groups excluding carboxylic acids is 1. The third kappa shape index (κ3) is 4.91. The average molecular weight is 277 g/mol. The number of carbonyl (C=O) groups is 1. The maximum atomic E-state index is 11.2. The molecular weight excluding hydrogens is 254 g/mol. The molecule has 5 nitrogen and oxygen atoms in total. The number of esters is 1. The Morgan fingerprint density at radius 2 is 2.10 bits per heavy atom. The van der Waals surface area contributed by atoms with Crippen LogP contribution in [0.25, 0.3) is 0 Å². The molecule has 1 aromatic rings. The molecule has 0 amide bonds. The second kappa shape index (κ2) is 7.53. The first-order valence-electron chi connectivity index (χ1n) is 6.68. The van der Waals surface area contributed by atoms with Gasteiger partial charge in [-0.1, -0.05) is 32.9 Å². The number of nitrogens with zero attached hydrogens (tertiary/aromatic N) is 1. The number of guanidine groups is 1. The van der Waals surface area contributed by atoms with Gasteiger partial charge in [0.15, 0.2) is 5.96 Å². The fourth-order valence-corrected chi connectivity index (χ4v) is 1.67. The first kappa shape index (κ1) is 16.0. The summed E-state index contributed by atoms with van der Waals surface area (Å²) in [4.78, 5) is 15.4. The predicted octanol–water partition coefficient (Wildman–Crippen LogP) is 2.35. The Balaban J connectivity index is 2.63. The molecule has 3 N–H and O–H groups in total. The minimum absolute atomic E-state index is 0.289. The lowest BCUT2D eigenvalue weighted by Crippen LogP contribution is -2.25. The molecule has 20 heavy (non-hydrogen) atoms. The number of nitrogens with two attached hydrogens (primary N) is 1. The summed E-state index contributed by atoms with van der Waals surface area (Å²) in [7, 11) is 1.36. The van der Waals surface area contributed by atoms with Gasteiger partial charge in [0, 0.05) is 5.69 Å². The van der Waals surface area contributed by atoms with Crippen molar-refractivity contribution in [1.29, 1.82) is 0 Å². The number of anilines is 1. The fraction of sp³-hybridized carbons (Fsp3) is 0.467. The van der Waals surface area contributed by atoms with Gasteiger partial charge in [0.2, 0.25) is 0 Å². The maximum Gasteiger partial charge on any atom is 0.310 e. The Labute approximate surface area is 120 Å². The molecular formula is C15H23N3O2. The summed E-state index contributed by atoms with van der Waals surface area (Å²) in [5.41, 5.74) is 7.93. The summed E-state index contributed by atoms with van der Waals surface area (Å²) in [6.45, 7) is 6.32. The van der Waals surface area contributed by atoms with E-state index in [1.54, 1.807) is 6.92 Å². The largest absolute Gasteiger partial charge is 0.469 e. The smallest absolute Gasteiger partial charge is 0.310 e. The normalized spacial score (nSPS) is 13.2. The Morgan fingerprint density at radius 3 is 2.70 bits per heavy atom. The van der Waals surface area contributed by atoms with Gasteiger partial charge in [-0.25, -0.2) is 0 Å². The van der Waals surface area contributed by atoms with Crippen LogP contribution in [0.3, 0.4) is 0 Å². The molecule has 5 heteroatoms. The molecule has 0 saturated heterocycles. The lowest BCUT2D eigenvalue weighted by molar-refractivity contribution is -0.144. The second-order valence-electron chi connectivity index (χ2n) is 5.06. The third-order valence-electron chi connectivity index (χ3n) is 2.96. The van der Waals surface area contributed by atoms with E-state index in [2.05, 4.69) is 35.0 Å². The topological polar surface area (TPSA) is 76.7 Å². The van der Waals surface area contributed by atoms with Gasteiger partial charge in [0.25, 0.3) is 0 Å². The molecule has 1 unspecified atom stereocenters. The van der Waals surface area contributed by atoms with E-state index in [-0.39, 0.29) is 11.9 Å². The molecule has 0 aliphatic heterocycles. The van der Waals surface area contributed by atoms with Crippen molar-refractivity contribution in [2.45, 2.75) is 26.7 Å². The number of aliphatic imine (C=N–C) groups is 1. The zero-order valence-electron chi connectivity index (χ0n) is 12.5. The summed E-state index contributed by atoms with van der Waals surface area (Å²) in [6.07, 6.45) is 0. The molecule has 0 aromatic heterocycles. The van der Waals surface area contributed by atoms with E-state index in [9.17, 15) is 4.79 Å². The maximum absolute atomic E-state index is 11.2. The van der Waals surface area contributed by atoms with Crippen LogP contribution in [0.2, 0.25) is 0 Å². The lowest BCUT2D eigenvalue weighted by atomic mass is 10.0. The van der Waals surface area contributed by atoms with Crippen molar-refractivity contribution >= 4 is 17.6 Å². The summed E-state index contributed by atoms with van der Waals surface area (Å²) in [5, 5.41) is 3.03. The molecule has 0 spiro atoms. The van der Waals surface area contributed by atoms with E-state index in [0.717, 1.165) is 5.69 Å². The molecule has 0 fully saturated rings. The molecule has 0 bridgehead atoms. The highest BCUT2D eigenvalue weighted by Crippen LogP contribution is 2.18. The number of hydrogen-bond donors (Lipinski definition) is 2. The first-order chi connectivity index (χ1) is 9.43. The van der Waals surface area contributed by atoms with Crippen LogP contribution in [0.4, 0.5) is 5.69 Å². The van der Waals surface area contributed by atoms with Crippen LogP contribution in [0.15, 0.2) is 29.3 Å². The zero-order valence-corrected chi connectivity index (χ0v) is 12.5. The number of ether oxygens (including phenoxy) is 1. The summed E-state index contributed by atoms with van der Waals surface area (Å²) < 4.78 is 4.64. The highest BCUT2D eigenvalue weighted by atomic mass is 16.5. The van der Waals surface area contributed by atoms with Crippen molar-refractivity contribution in [3.05, 3.63) is 29.8 Å². The van der Waals surface area contributed by atoms with Crippen LogP contribution < -0.4 is 11.1 Å². The van der Waals surface area contributed by atoms with Gasteiger partial charge in [-0.15, -0.1) is 0 Å². The Kier molecular flexibility index (Phi) is 6.03. The van der Waals surface area contributed by atoms with E-state index in [4.69, 9.17) is 5.73 Å². The van der Waals surface area contributed by atoms with Crippen LogP contribution in [-0.2, 0) is 9.53 Å². The van der Waals surface area contributed by atoms with Gasteiger partial charge < -0.3 is 15.8 Å². The SMILES string of the molecule is COC(=O)C(C)CN=C(N)Nc1cccc(C(C)C)c1. The van der Waals surface area contributed by atoms with Gasteiger partial charge in [0.05, 0.1) is 19.6 Å². The number of benzene rings is 1. The quantitative estimate of drug-likeness (QED) is 0.492. The van der Waals surface area contributed by atoms with Crippen molar-refractivity contribution < 1.29 is 9.53 Å². The van der Waals surface area contributed by atoms with Crippen molar-refractivity contribution in [3.63, 3.8) is 0 Å². The molecule has 1 aromatic carbocycles. The van der Waals surface area contributed by atoms with Gasteiger partial charge in [-0.2, -0.15) is 0 Å². The Morgan fingerprint density at radius 1 is 1.40 bits per heavy atom. The first-order valence-corrected chi connectivity index (χ1v) is 6.68. The fourth-order valence-electron chi connectivity index (χ4n) is 1.67. The lowest BCUT2D eigenvalue weighted by Gasteiger charge is -2.11. The van der Waals surface area contributed by atoms with Gasteiger partial charge in [0.1, 0.15) is 0 Å². The van der Waals surface area contributed by atoms with Crippen molar-refractivity contribution in [2.75, 3.05) is 19.0 Å². The number of methoxy groups -OCH3 is 1. The van der Waals surface area contributed by atoms with E-state index >= 15 is 0 Å². The minimum atomic E-state index is -0.303. The standard InChI is InChI=1S/C15H23N3O2/c1-10(2)12-6-5-7-13(8-12)18-15(16)17-9-11(3)14(19)20-4/h5-8,10-11H,9H2,1-4H3,(H3,16,17,18). The summed E-state index contributed by atoms with van der Waals surface area (Å²) in [6, 6.07) is 8.01. The highest BCUT2D eigenvalue weighted by molar-refractivity contribution is 5.92. The zero-order chi connectivity index (χ0) is 15.1. The molecule has 0 aliphatic carbocycles. The highest BCUT2D eigenvalue weighted by Gasteiger charge is 2.12. The molecule has 0 saturated carbocycles. The van der Waals surface area contributed by atoms with Gasteiger partial charge >= 0.3 is 5.97 Å². The van der Waals surface area contributed by atoms with Gasteiger partial charge in [-0.3, -0.25) is 9.79 Å². The molecule has 1 rings (SSSR count). The Bertz CT molecular complexity index is 484. The van der Waals surface area contributed by atoms with Crippen LogP contribution in [0.5, 0.6) is 0 Å². The number of hydrogen-bond acceptors (Lipinski definition) is 3. The molecule has 1 atom stereocenters.